The van der Waals surface area contributed by atoms with E-state index in [1.54, 1.807) is 0 Å². The van der Waals surface area contributed by atoms with Crippen LogP contribution in [0.5, 0.6) is 0 Å². The molecule has 0 fully saturated rings. The molecule has 5 heteroatoms. The standard InChI is InChI=1S/C22H32N4.HI/c1-17-12-18(2)14-19(13-17)10-11-24-22(23-3)25-15-20-8-6-7-9-21(20)16-26(4)5;/h6-9,12-14H,10-11,15-16H2,1-5H3,(H2,23,24,25);1H. The highest BCUT2D eigenvalue weighted by molar-refractivity contribution is 14.0. The van der Waals surface area contributed by atoms with Crippen LogP contribution in [0.3, 0.4) is 0 Å². The van der Waals surface area contributed by atoms with Crippen LogP contribution in [0, 0.1) is 13.8 Å². The van der Waals surface area contributed by atoms with Crippen molar-refractivity contribution in [3.63, 3.8) is 0 Å². The Kier molecular flexibility index (Phi) is 10.4. The van der Waals surface area contributed by atoms with E-state index < -0.39 is 0 Å². The number of aliphatic imine (C=N–C) groups is 1. The highest BCUT2D eigenvalue weighted by atomic mass is 127. The Morgan fingerprint density at radius 2 is 1.59 bits per heavy atom. The average Bonchev–Trinajstić information content (AvgIpc) is 2.57. The van der Waals surface area contributed by atoms with Gasteiger partial charge in [0.25, 0.3) is 0 Å². The summed E-state index contributed by atoms with van der Waals surface area (Å²) in [6, 6.07) is 15.3. The first-order valence-corrected chi connectivity index (χ1v) is 9.21. The number of halogens is 1. The molecule has 2 rings (SSSR count). The second-order valence-corrected chi connectivity index (χ2v) is 7.10. The van der Waals surface area contributed by atoms with E-state index in [-0.39, 0.29) is 24.0 Å². The van der Waals surface area contributed by atoms with E-state index in [9.17, 15) is 0 Å². The second kappa shape index (κ2) is 12.0. The first kappa shape index (κ1) is 23.4. The van der Waals surface area contributed by atoms with Gasteiger partial charge in [-0.1, -0.05) is 53.6 Å². The molecule has 0 atom stereocenters. The Labute approximate surface area is 181 Å². The van der Waals surface area contributed by atoms with Crippen LogP contribution in [-0.4, -0.2) is 38.5 Å². The Bertz CT molecular complexity index is 721. The summed E-state index contributed by atoms with van der Waals surface area (Å²) in [6.45, 7) is 6.87. The van der Waals surface area contributed by atoms with Crippen LogP contribution in [0.4, 0.5) is 0 Å². The van der Waals surface area contributed by atoms with Crippen LogP contribution in [0.2, 0.25) is 0 Å². The molecule has 0 heterocycles. The van der Waals surface area contributed by atoms with Gasteiger partial charge in [0.15, 0.2) is 5.96 Å². The molecule has 0 aliphatic carbocycles. The summed E-state index contributed by atoms with van der Waals surface area (Å²) in [5, 5.41) is 6.84. The first-order chi connectivity index (χ1) is 12.5. The van der Waals surface area contributed by atoms with Gasteiger partial charge < -0.3 is 15.5 Å². The van der Waals surface area contributed by atoms with Crippen LogP contribution < -0.4 is 10.6 Å². The van der Waals surface area contributed by atoms with Gasteiger partial charge in [-0.15, -0.1) is 24.0 Å². The topological polar surface area (TPSA) is 39.7 Å². The molecule has 0 unspecified atom stereocenters. The third-order valence-corrected chi connectivity index (χ3v) is 4.26. The summed E-state index contributed by atoms with van der Waals surface area (Å²) in [5.41, 5.74) is 6.65. The number of guanidine groups is 1. The van der Waals surface area contributed by atoms with Crippen molar-refractivity contribution in [2.24, 2.45) is 4.99 Å². The van der Waals surface area contributed by atoms with E-state index in [0.29, 0.717) is 0 Å². The molecule has 2 N–H and O–H groups in total. The predicted octanol–water partition coefficient (Wildman–Crippen LogP) is 3.89. The minimum absolute atomic E-state index is 0. The smallest absolute Gasteiger partial charge is 0.191 e. The number of rotatable bonds is 7. The van der Waals surface area contributed by atoms with E-state index >= 15 is 0 Å². The molecule has 0 aliphatic heterocycles. The summed E-state index contributed by atoms with van der Waals surface area (Å²) in [5.74, 6) is 0.842. The van der Waals surface area contributed by atoms with Crippen molar-refractivity contribution in [2.45, 2.75) is 33.4 Å². The zero-order chi connectivity index (χ0) is 18.9. The second-order valence-electron chi connectivity index (χ2n) is 7.10. The van der Waals surface area contributed by atoms with Gasteiger partial charge in [-0.05, 0) is 51.1 Å². The maximum absolute atomic E-state index is 4.34. The number of hydrogen-bond acceptors (Lipinski definition) is 2. The Balaban J connectivity index is 0.00000364. The van der Waals surface area contributed by atoms with Gasteiger partial charge in [-0.2, -0.15) is 0 Å². The number of nitrogens with zero attached hydrogens (tertiary/aromatic N) is 2. The van der Waals surface area contributed by atoms with Crippen molar-refractivity contribution in [1.29, 1.82) is 0 Å². The molecule has 0 saturated carbocycles. The molecule has 4 nitrogen and oxygen atoms in total. The third kappa shape index (κ3) is 8.30. The quantitative estimate of drug-likeness (QED) is 0.359. The van der Waals surface area contributed by atoms with Gasteiger partial charge in [0.05, 0.1) is 0 Å². The SMILES string of the molecule is CN=C(NCCc1cc(C)cc(C)c1)NCc1ccccc1CN(C)C.I. The Morgan fingerprint density at radius 3 is 2.19 bits per heavy atom. The van der Waals surface area contributed by atoms with Crippen molar-refractivity contribution in [3.05, 3.63) is 70.3 Å². The van der Waals surface area contributed by atoms with Crippen LogP contribution in [-0.2, 0) is 19.5 Å². The van der Waals surface area contributed by atoms with Crippen LogP contribution in [0.25, 0.3) is 0 Å². The summed E-state index contributed by atoms with van der Waals surface area (Å²) >= 11 is 0. The molecular weight excluding hydrogens is 447 g/mol. The fraction of sp³-hybridized carbons (Fsp3) is 0.409. The highest BCUT2D eigenvalue weighted by Crippen LogP contribution is 2.11. The molecule has 27 heavy (non-hydrogen) atoms. The first-order valence-electron chi connectivity index (χ1n) is 9.21. The highest BCUT2D eigenvalue weighted by Gasteiger charge is 2.05. The molecule has 148 valence electrons. The molecule has 0 bridgehead atoms. The van der Waals surface area contributed by atoms with Gasteiger partial charge in [-0.25, -0.2) is 0 Å². The van der Waals surface area contributed by atoms with E-state index in [2.05, 4.69) is 90.9 Å². The van der Waals surface area contributed by atoms with Gasteiger partial charge in [0.1, 0.15) is 0 Å². The maximum atomic E-state index is 4.34. The normalized spacial score (nSPS) is 11.3. The van der Waals surface area contributed by atoms with E-state index in [4.69, 9.17) is 0 Å². The monoisotopic (exact) mass is 480 g/mol. The molecule has 0 aromatic heterocycles. The summed E-state index contributed by atoms with van der Waals surface area (Å²) in [7, 11) is 6.01. The Morgan fingerprint density at radius 1 is 0.963 bits per heavy atom. The minimum atomic E-state index is 0. The molecule has 0 aliphatic rings. The van der Waals surface area contributed by atoms with Crippen LogP contribution >= 0.6 is 24.0 Å². The summed E-state index contributed by atoms with van der Waals surface area (Å²) in [6.07, 6.45) is 0.987. The van der Waals surface area contributed by atoms with Crippen LogP contribution in [0.15, 0.2) is 47.5 Å². The summed E-state index contributed by atoms with van der Waals surface area (Å²) < 4.78 is 0. The minimum Gasteiger partial charge on any atom is -0.356 e. The fourth-order valence-corrected chi connectivity index (χ4v) is 3.16. The molecule has 0 saturated heterocycles. The van der Waals surface area contributed by atoms with Gasteiger partial charge >= 0.3 is 0 Å². The zero-order valence-corrected chi connectivity index (χ0v) is 19.5. The lowest BCUT2D eigenvalue weighted by Gasteiger charge is -2.16. The molecule has 2 aromatic carbocycles. The van der Waals surface area contributed by atoms with E-state index in [0.717, 1.165) is 32.0 Å². The Hall–Kier alpha value is -1.60. The maximum Gasteiger partial charge on any atom is 0.191 e. The van der Waals surface area contributed by atoms with E-state index in [1.807, 2.05) is 7.05 Å². The number of aryl methyl sites for hydroxylation is 2. The number of nitrogens with one attached hydrogen (secondary N) is 2. The molecule has 0 spiro atoms. The van der Waals surface area contributed by atoms with Crippen LogP contribution in [0.1, 0.15) is 27.8 Å². The molecular formula is C22H33IN4. The van der Waals surface area contributed by atoms with Crippen molar-refractivity contribution in [2.75, 3.05) is 27.7 Å². The largest absolute Gasteiger partial charge is 0.356 e. The fourth-order valence-electron chi connectivity index (χ4n) is 3.16. The van der Waals surface area contributed by atoms with Crippen molar-refractivity contribution in [1.82, 2.24) is 15.5 Å². The predicted molar refractivity (Wildman–Crippen MR) is 127 cm³/mol. The summed E-state index contributed by atoms with van der Waals surface area (Å²) in [4.78, 5) is 6.53. The van der Waals surface area contributed by atoms with Gasteiger partial charge in [0, 0.05) is 26.7 Å². The molecule has 2 aromatic rings. The number of benzene rings is 2. The van der Waals surface area contributed by atoms with E-state index in [1.165, 1.54) is 27.8 Å². The van der Waals surface area contributed by atoms with Crippen molar-refractivity contribution >= 4 is 29.9 Å². The zero-order valence-electron chi connectivity index (χ0n) is 17.2. The van der Waals surface area contributed by atoms with Crippen molar-refractivity contribution in [3.8, 4) is 0 Å². The number of hydrogen-bond donors (Lipinski definition) is 2. The van der Waals surface area contributed by atoms with Crippen molar-refractivity contribution < 1.29 is 0 Å². The average molecular weight is 480 g/mol. The lowest BCUT2D eigenvalue weighted by atomic mass is 10.1. The molecule has 0 amide bonds. The van der Waals surface area contributed by atoms with Gasteiger partial charge in [0.2, 0.25) is 0 Å². The lowest BCUT2D eigenvalue weighted by Crippen LogP contribution is -2.38. The molecule has 0 radical (unpaired) electrons. The van der Waals surface area contributed by atoms with Gasteiger partial charge in [-0.3, -0.25) is 4.99 Å². The lowest BCUT2D eigenvalue weighted by molar-refractivity contribution is 0.400. The third-order valence-electron chi connectivity index (χ3n) is 4.26.